The van der Waals surface area contributed by atoms with Crippen molar-refractivity contribution in [1.29, 1.82) is 0 Å². The predicted molar refractivity (Wildman–Crippen MR) is 73.1 cm³/mol. The van der Waals surface area contributed by atoms with Crippen LogP contribution in [0.15, 0.2) is 18.2 Å². The second-order valence-electron chi connectivity index (χ2n) is 5.07. The van der Waals surface area contributed by atoms with Gasteiger partial charge in [-0.05, 0) is 39.8 Å². The predicted octanol–water partition coefficient (Wildman–Crippen LogP) is 3.82. The fourth-order valence-corrected chi connectivity index (χ4v) is 2.22. The number of ether oxygens (including phenoxy) is 1. The van der Waals surface area contributed by atoms with E-state index in [4.69, 9.17) is 4.74 Å². The Balaban J connectivity index is 3.12. The molecular formula is C15H23F2NO. The zero-order chi connectivity index (χ0) is 14.5. The molecule has 0 saturated heterocycles. The summed E-state index contributed by atoms with van der Waals surface area (Å²) >= 11 is 0. The van der Waals surface area contributed by atoms with Gasteiger partial charge < -0.3 is 10.1 Å². The molecule has 0 aliphatic rings. The van der Waals surface area contributed by atoms with Gasteiger partial charge in [-0.2, -0.15) is 0 Å². The Morgan fingerprint density at radius 1 is 1.26 bits per heavy atom. The first-order chi connectivity index (χ1) is 8.94. The molecule has 1 atom stereocenters. The molecule has 1 aromatic rings. The molecule has 4 heteroatoms. The highest BCUT2D eigenvalue weighted by molar-refractivity contribution is 5.25. The molecule has 0 bridgehead atoms. The normalized spacial score (nSPS) is 13.6. The maximum absolute atomic E-state index is 14.0. The highest BCUT2D eigenvalue weighted by Crippen LogP contribution is 2.31. The van der Waals surface area contributed by atoms with Gasteiger partial charge in [-0.1, -0.05) is 19.1 Å². The maximum Gasteiger partial charge on any atom is 0.163 e. The van der Waals surface area contributed by atoms with Gasteiger partial charge in [0.2, 0.25) is 0 Å². The van der Waals surface area contributed by atoms with Crippen LogP contribution in [0.3, 0.4) is 0 Å². The van der Waals surface area contributed by atoms with E-state index in [2.05, 4.69) is 5.32 Å². The average Bonchev–Trinajstić information content (AvgIpc) is 2.34. The van der Waals surface area contributed by atoms with Crippen molar-refractivity contribution in [3.05, 3.63) is 35.4 Å². The molecule has 0 aliphatic carbocycles. The molecule has 1 aromatic carbocycles. The van der Waals surface area contributed by atoms with Gasteiger partial charge in [0.25, 0.3) is 0 Å². The number of nitrogens with one attached hydrogen (secondary N) is 1. The topological polar surface area (TPSA) is 21.3 Å². The molecule has 0 radical (unpaired) electrons. The third-order valence-corrected chi connectivity index (χ3v) is 3.10. The minimum absolute atomic E-state index is 0.312. The van der Waals surface area contributed by atoms with Crippen LogP contribution in [0.2, 0.25) is 0 Å². The Bertz CT molecular complexity index is 407. The Kier molecular flexibility index (Phi) is 5.88. The molecule has 0 spiro atoms. The number of rotatable bonds is 7. The van der Waals surface area contributed by atoms with Crippen LogP contribution >= 0.6 is 0 Å². The fourth-order valence-electron chi connectivity index (χ4n) is 2.22. The van der Waals surface area contributed by atoms with E-state index in [1.807, 2.05) is 27.7 Å². The smallest absolute Gasteiger partial charge is 0.163 e. The first-order valence-electron chi connectivity index (χ1n) is 6.75. The summed E-state index contributed by atoms with van der Waals surface area (Å²) in [5.41, 5.74) is -0.301. The first kappa shape index (κ1) is 16.1. The van der Waals surface area contributed by atoms with Gasteiger partial charge in [-0.15, -0.1) is 0 Å². The molecule has 0 fully saturated rings. The molecule has 1 N–H and O–H groups in total. The Morgan fingerprint density at radius 3 is 2.53 bits per heavy atom. The van der Waals surface area contributed by atoms with Gasteiger partial charge in [0.15, 0.2) is 11.6 Å². The maximum atomic E-state index is 14.0. The van der Waals surface area contributed by atoms with Gasteiger partial charge in [-0.25, -0.2) is 8.78 Å². The van der Waals surface area contributed by atoms with E-state index in [0.29, 0.717) is 12.2 Å². The van der Waals surface area contributed by atoms with Crippen molar-refractivity contribution in [1.82, 2.24) is 5.32 Å². The van der Waals surface area contributed by atoms with Crippen LogP contribution in [0.1, 0.15) is 45.7 Å². The van der Waals surface area contributed by atoms with Crippen LogP contribution in [0.25, 0.3) is 0 Å². The molecule has 1 unspecified atom stereocenters. The van der Waals surface area contributed by atoms with Crippen molar-refractivity contribution in [3.8, 4) is 0 Å². The van der Waals surface area contributed by atoms with Crippen molar-refractivity contribution in [2.24, 2.45) is 0 Å². The summed E-state index contributed by atoms with van der Waals surface area (Å²) in [6.45, 7) is 8.92. The van der Waals surface area contributed by atoms with Crippen molar-refractivity contribution in [3.63, 3.8) is 0 Å². The van der Waals surface area contributed by atoms with E-state index in [9.17, 15) is 8.78 Å². The minimum Gasteiger partial charge on any atom is -0.374 e. The van der Waals surface area contributed by atoms with Gasteiger partial charge in [0, 0.05) is 12.2 Å². The van der Waals surface area contributed by atoms with E-state index < -0.39 is 17.2 Å². The molecule has 2 nitrogen and oxygen atoms in total. The second-order valence-corrected chi connectivity index (χ2v) is 5.07. The van der Waals surface area contributed by atoms with Crippen LogP contribution in [-0.4, -0.2) is 18.8 Å². The largest absolute Gasteiger partial charge is 0.374 e. The van der Waals surface area contributed by atoms with E-state index in [1.54, 1.807) is 6.07 Å². The standard InChI is InChI=1S/C15H23F2NO/c1-5-10-18-14(15(3,4)19-6-2)11-8-7-9-12(16)13(11)17/h7-9,14,18H,5-6,10H2,1-4H3. The molecule has 0 saturated carbocycles. The molecule has 0 aromatic heterocycles. The number of halogens is 2. The lowest BCUT2D eigenvalue weighted by atomic mass is 9.91. The van der Waals surface area contributed by atoms with Crippen molar-refractivity contribution >= 4 is 0 Å². The van der Waals surface area contributed by atoms with Crippen LogP contribution in [0.5, 0.6) is 0 Å². The zero-order valence-corrected chi connectivity index (χ0v) is 12.1. The van der Waals surface area contributed by atoms with E-state index >= 15 is 0 Å². The summed E-state index contributed by atoms with van der Waals surface area (Å²) in [5.74, 6) is -1.63. The Morgan fingerprint density at radius 2 is 1.95 bits per heavy atom. The Hall–Kier alpha value is -1.00. The van der Waals surface area contributed by atoms with E-state index in [0.717, 1.165) is 19.0 Å². The summed E-state index contributed by atoms with van der Waals surface area (Å²) in [6.07, 6.45) is 0.912. The van der Waals surface area contributed by atoms with Crippen LogP contribution < -0.4 is 5.32 Å². The zero-order valence-electron chi connectivity index (χ0n) is 12.1. The van der Waals surface area contributed by atoms with Gasteiger partial charge >= 0.3 is 0 Å². The summed E-state index contributed by atoms with van der Waals surface area (Å²) < 4.78 is 33.1. The fraction of sp³-hybridized carbons (Fsp3) is 0.600. The van der Waals surface area contributed by atoms with E-state index in [-0.39, 0.29) is 6.04 Å². The number of hydrogen-bond donors (Lipinski definition) is 1. The average molecular weight is 271 g/mol. The van der Waals surface area contributed by atoms with Crippen molar-refractivity contribution < 1.29 is 13.5 Å². The van der Waals surface area contributed by atoms with Crippen molar-refractivity contribution in [2.45, 2.75) is 45.8 Å². The number of hydrogen-bond acceptors (Lipinski definition) is 2. The summed E-state index contributed by atoms with van der Waals surface area (Å²) in [7, 11) is 0. The molecule has 1 rings (SSSR count). The SMILES string of the molecule is CCCNC(c1cccc(F)c1F)C(C)(C)OCC. The Labute approximate surface area is 114 Å². The summed E-state index contributed by atoms with van der Waals surface area (Å²) in [6, 6.07) is 3.87. The highest BCUT2D eigenvalue weighted by atomic mass is 19.2. The molecule has 0 amide bonds. The monoisotopic (exact) mass is 271 g/mol. The van der Waals surface area contributed by atoms with Crippen LogP contribution in [-0.2, 0) is 4.74 Å². The highest BCUT2D eigenvalue weighted by Gasteiger charge is 2.33. The lowest BCUT2D eigenvalue weighted by Crippen LogP contribution is -2.42. The molecule has 0 heterocycles. The lowest BCUT2D eigenvalue weighted by molar-refractivity contribution is -0.0400. The third kappa shape index (κ3) is 3.98. The third-order valence-electron chi connectivity index (χ3n) is 3.10. The van der Waals surface area contributed by atoms with Crippen LogP contribution in [0.4, 0.5) is 8.78 Å². The van der Waals surface area contributed by atoms with Crippen LogP contribution in [0, 0.1) is 11.6 Å². The lowest BCUT2D eigenvalue weighted by Gasteiger charge is -2.35. The molecule has 0 aliphatic heterocycles. The van der Waals surface area contributed by atoms with Gasteiger partial charge in [0.1, 0.15) is 0 Å². The van der Waals surface area contributed by atoms with E-state index in [1.165, 1.54) is 6.07 Å². The van der Waals surface area contributed by atoms with Crippen molar-refractivity contribution in [2.75, 3.05) is 13.2 Å². The quantitative estimate of drug-likeness (QED) is 0.814. The van der Waals surface area contributed by atoms with Gasteiger partial charge in [-0.3, -0.25) is 0 Å². The second kappa shape index (κ2) is 6.96. The summed E-state index contributed by atoms with van der Waals surface area (Å²) in [4.78, 5) is 0. The molecule has 108 valence electrons. The summed E-state index contributed by atoms with van der Waals surface area (Å²) in [5, 5.41) is 3.25. The molecular weight excluding hydrogens is 248 g/mol. The van der Waals surface area contributed by atoms with Gasteiger partial charge in [0.05, 0.1) is 11.6 Å². The first-order valence-corrected chi connectivity index (χ1v) is 6.75. The minimum atomic E-state index is -0.826. The molecule has 19 heavy (non-hydrogen) atoms. The number of benzene rings is 1.